The predicted octanol–water partition coefficient (Wildman–Crippen LogP) is 3.02. The van der Waals surface area contributed by atoms with E-state index in [4.69, 9.17) is 0 Å². The second kappa shape index (κ2) is 9.60. The molecule has 0 atom stereocenters. The van der Waals surface area contributed by atoms with Gasteiger partial charge in [0.05, 0.1) is 5.41 Å². The molecule has 0 bridgehead atoms. The first-order chi connectivity index (χ1) is 11.0. The molecule has 1 fully saturated rings. The van der Waals surface area contributed by atoms with Gasteiger partial charge in [-0.25, -0.2) is 0 Å². The van der Waals surface area contributed by atoms with E-state index in [1.54, 1.807) is 23.3 Å². The first kappa shape index (κ1) is 21.2. The van der Waals surface area contributed by atoms with E-state index in [0.29, 0.717) is 6.54 Å². The third-order valence-corrected chi connectivity index (χ3v) is 5.31. The average Bonchev–Trinajstić information content (AvgIpc) is 3.19. The normalized spacial score (nSPS) is 16.4. The summed E-state index contributed by atoms with van der Waals surface area (Å²) in [5.74, 6) is 1.08. The van der Waals surface area contributed by atoms with Gasteiger partial charge < -0.3 is 15.1 Å². The lowest BCUT2D eigenvalue weighted by atomic mass is 9.84. The monoisotopic (exact) mass is 464 g/mol. The molecule has 1 heterocycles. The summed E-state index contributed by atoms with van der Waals surface area (Å²) < 4.78 is 0. The number of nitrogens with zero attached hydrogens (tertiary/aromatic N) is 3. The van der Waals surface area contributed by atoms with Crippen LogP contribution in [0.2, 0.25) is 0 Å². The van der Waals surface area contributed by atoms with Crippen molar-refractivity contribution in [1.82, 2.24) is 15.1 Å². The van der Waals surface area contributed by atoms with E-state index >= 15 is 0 Å². The molecule has 0 saturated heterocycles. The SMILES string of the molecule is CN=C(NCC1(C(=O)N(C)C)CCCC1)N(C)Cc1ccsc1.I. The zero-order valence-corrected chi connectivity index (χ0v) is 18.2. The summed E-state index contributed by atoms with van der Waals surface area (Å²) in [4.78, 5) is 20.8. The van der Waals surface area contributed by atoms with Crippen molar-refractivity contribution < 1.29 is 4.79 Å². The number of amides is 1. The quantitative estimate of drug-likeness (QED) is 0.414. The number of halogens is 1. The van der Waals surface area contributed by atoms with Crippen LogP contribution in [-0.4, -0.2) is 56.4 Å². The van der Waals surface area contributed by atoms with Crippen LogP contribution in [0.4, 0.5) is 0 Å². The lowest BCUT2D eigenvalue weighted by Crippen LogP contribution is -2.49. The number of hydrogen-bond donors (Lipinski definition) is 1. The highest BCUT2D eigenvalue weighted by Crippen LogP contribution is 2.38. The van der Waals surface area contributed by atoms with Crippen LogP contribution in [0.1, 0.15) is 31.2 Å². The molecule has 1 aliphatic carbocycles. The lowest BCUT2D eigenvalue weighted by molar-refractivity contribution is -0.138. The molecule has 24 heavy (non-hydrogen) atoms. The van der Waals surface area contributed by atoms with Crippen molar-refractivity contribution in [2.24, 2.45) is 10.4 Å². The summed E-state index contributed by atoms with van der Waals surface area (Å²) >= 11 is 1.70. The maximum atomic E-state index is 12.6. The number of rotatable bonds is 5. The number of carbonyl (C=O) groups is 1. The summed E-state index contributed by atoms with van der Waals surface area (Å²) in [6.07, 6.45) is 4.18. The van der Waals surface area contributed by atoms with Gasteiger partial charge in [0, 0.05) is 41.3 Å². The van der Waals surface area contributed by atoms with Crippen LogP contribution in [0, 0.1) is 5.41 Å². The van der Waals surface area contributed by atoms with Gasteiger partial charge in [-0.15, -0.1) is 24.0 Å². The van der Waals surface area contributed by atoms with Gasteiger partial charge in [0.2, 0.25) is 5.91 Å². The van der Waals surface area contributed by atoms with Gasteiger partial charge in [-0.2, -0.15) is 11.3 Å². The first-order valence-corrected chi connectivity index (χ1v) is 9.07. The van der Waals surface area contributed by atoms with Crippen LogP contribution < -0.4 is 5.32 Å². The van der Waals surface area contributed by atoms with Gasteiger partial charge in [-0.3, -0.25) is 9.79 Å². The van der Waals surface area contributed by atoms with Crippen molar-refractivity contribution in [3.05, 3.63) is 22.4 Å². The van der Waals surface area contributed by atoms with Crippen molar-refractivity contribution in [3.63, 3.8) is 0 Å². The van der Waals surface area contributed by atoms with Crippen LogP contribution >= 0.6 is 35.3 Å². The van der Waals surface area contributed by atoms with Crippen molar-refractivity contribution in [3.8, 4) is 0 Å². The van der Waals surface area contributed by atoms with E-state index in [2.05, 4.69) is 32.0 Å². The second-order valence-electron chi connectivity index (χ2n) is 6.58. The number of thiophene rings is 1. The van der Waals surface area contributed by atoms with Crippen molar-refractivity contribution >= 4 is 47.2 Å². The van der Waals surface area contributed by atoms with E-state index in [0.717, 1.165) is 38.2 Å². The Bertz CT molecular complexity index is 539. The fourth-order valence-corrected chi connectivity index (χ4v) is 4.02. The van der Waals surface area contributed by atoms with Gasteiger partial charge in [0.1, 0.15) is 0 Å². The standard InChI is InChI=1S/C17H28N4OS.HI/c1-18-16(21(4)11-14-7-10-23-12-14)19-13-17(8-5-6-9-17)15(22)20(2)3;/h7,10,12H,5-6,8-9,11,13H2,1-4H3,(H,18,19);1H. The Morgan fingerprint density at radius 2 is 2.00 bits per heavy atom. The minimum atomic E-state index is -0.275. The Hall–Kier alpha value is -0.830. The molecular weight excluding hydrogens is 435 g/mol. The van der Waals surface area contributed by atoms with Crippen LogP contribution in [0.3, 0.4) is 0 Å². The summed E-state index contributed by atoms with van der Waals surface area (Å²) in [7, 11) is 7.52. The molecule has 1 aromatic heterocycles. The Labute approximate surface area is 166 Å². The van der Waals surface area contributed by atoms with Gasteiger partial charge >= 0.3 is 0 Å². The van der Waals surface area contributed by atoms with Crippen molar-refractivity contribution in [1.29, 1.82) is 0 Å². The number of carbonyl (C=O) groups excluding carboxylic acids is 1. The fourth-order valence-electron chi connectivity index (χ4n) is 3.36. The van der Waals surface area contributed by atoms with Crippen LogP contribution in [0.15, 0.2) is 21.8 Å². The van der Waals surface area contributed by atoms with Gasteiger partial charge in [0.25, 0.3) is 0 Å². The topological polar surface area (TPSA) is 47.9 Å². The molecule has 0 spiro atoms. The van der Waals surface area contributed by atoms with Crippen LogP contribution in [0.5, 0.6) is 0 Å². The highest BCUT2D eigenvalue weighted by molar-refractivity contribution is 14.0. The van der Waals surface area contributed by atoms with Crippen molar-refractivity contribution in [2.75, 3.05) is 34.7 Å². The zero-order chi connectivity index (χ0) is 16.9. The Balaban J connectivity index is 0.00000288. The first-order valence-electron chi connectivity index (χ1n) is 8.13. The Morgan fingerprint density at radius 3 is 2.50 bits per heavy atom. The molecule has 0 aliphatic heterocycles. The maximum Gasteiger partial charge on any atom is 0.230 e. The van der Waals surface area contributed by atoms with E-state index < -0.39 is 0 Å². The molecule has 2 rings (SSSR count). The lowest BCUT2D eigenvalue weighted by Gasteiger charge is -2.32. The molecular formula is C17H29IN4OS. The summed E-state index contributed by atoms with van der Waals surface area (Å²) in [6.45, 7) is 1.47. The summed E-state index contributed by atoms with van der Waals surface area (Å²) in [5, 5.41) is 7.67. The minimum absolute atomic E-state index is 0. The highest BCUT2D eigenvalue weighted by atomic mass is 127. The number of nitrogens with one attached hydrogen (secondary N) is 1. The summed E-state index contributed by atoms with van der Waals surface area (Å²) in [6, 6.07) is 2.13. The molecule has 7 heteroatoms. The fraction of sp³-hybridized carbons (Fsp3) is 0.647. The second-order valence-corrected chi connectivity index (χ2v) is 7.36. The highest BCUT2D eigenvalue weighted by Gasteiger charge is 2.42. The molecule has 1 N–H and O–H groups in total. The van der Waals surface area contributed by atoms with E-state index in [1.165, 1.54) is 5.56 Å². The van der Waals surface area contributed by atoms with Gasteiger partial charge in [-0.1, -0.05) is 12.8 Å². The third-order valence-electron chi connectivity index (χ3n) is 4.58. The van der Waals surface area contributed by atoms with E-state index in [1.807, 2.05) is 21.1 Å². The molecule has 1 aromatic rings. The Morgan fingerprint density at radius 1 is 1.33 bits per heavy atom. The molecule has 5 nitrogen and oxygen atoms in total. The van der Waals surface area contributed by atoms with Crippen LogP contribution in [0.25, 0.3) is 0 Å². The molecule has 1 aliphatic rings. The minimum Gasteiger partial charge on any atom is -0.355 e. The molecule has 136 valence electrons. The molecule has 1 amide bonds. The molecule has 1 saturated carbocycles. The largest absolute Gasteiger partial charge is 0.355 e. The Kier molecular flexibility index (Phi) is 8.49. The van der Waals surface area contributed by atoms with E-state index in [9.17, 15) is 4.79 Å². The van der Waals surface area contributed by atoms with Gasteiger partial charge in [-0.05, 0) is 35.2 Å². The van der Waals surface area contributed by atoms with Crippen LogP contribution in [-0.2, 0) is 11.3 Å². The smallest absolute Gasteiger partial charge is 0.230 e. The zero-order valence-electron chi connectivity index (χ0n) is 15.0. The average molecular weight is 464 g/mol. The number of hydrogen-bond acceptors (Lipinski definition) is 3. The van der Waals surface area contributed by atoms with Gasteiger partial charge in [0.15, 0.2) is 5.96 Å². The van der Waals surface area contributed by atoms with Crippen molar-refractivity contribution in [2.45, 2.75) is 32.2 Å². The predicted molar refractivity (Wildman–Crippen MR) is 112 cm³/mol. The number of guanidine groups is 1. The maximum absolute atomic E-state index is 12.6. The summed E-state index contributed by atoms with van der Waals surface area (Å²) in [5.41, 5.74) is 1.00. The third kappa shape index (κ3) is 5.08. The number of aliphatic imine (C=N–C) groups is 1. The molecule has 0 aromatic carbocycles. The molecule has 0 unspecified atom stereocenters. The molecule has 0 radical (unpaired) electrons. The van der Waals surface area contributed by atoms with E-state index in [-0.39, 0.29) is 35.3 Å².